The van der Waals surface area contributed by atoms with Gasteiger partial charge in [0, 0.05) is 39.1 Å². The van der Waals surface area contributed by atoms with Gasteiger partial charge in [-0.25, -0.2) is 19.9 Å². The van der Waals surface area contributed by atoms with E-state index < -0.39 is 0 Å². The van der Waals surface area contributed by atoms with Gasteiger partial charge < -0.3 is 0 Å². The molecule has 0 amide bonds. The summed E-state index contributed by atoms with van der Waals surface area (Å²) in [5.41, 5.74) is 13.7. The van der Waals surface area contributed by atoms with Crippen molar-refractivity contribution < 1.29 is 0 Å². The predicted octanol–water partition coefficient (Wildman–Crippen LogP) is 12.7. The molecule has 0 N–H and O–H groups in total. The smallest absolute Gasteiger partial charge is 0.163 e. The van der Waals surface area contributed by atoms with Gasteiger partial charge in [-0.2, -0.15) is 0 Å². The van der Waals surface area contributed by atoms with Crippen LogP contribution in [0.1, 0.15) is 29.4 Å². The summed E-state index contributed by atoms with van der Waals surface area (Å²) in [7, 11) is 0. The van der Waals surface area contributed by atoms with E-state index in [9.17, 15) is 0 Å². The molecule has 9 aromatic rings. The predicted molar refractivity (Wildman–Crippen MR) is 233 cm³/mol. The van der Waals surface area contributed by atoms with Crippen LogP contribution in [0.15, 0.2) is 188 Å². The van der Waals surface area contributed by atoms with E-state index >= 15 is 0 Å². The van der Waals surface area contributed by atoms with Gasteiger partial charge in [0.2, 0.25) is 0 Å². The highest BCUT2D eigenvalue weighted by atomic mass is 15.0. The van der Waals surface area contributed by atoms with Crippen LogP contribution in [0.5, 0.6) is 0 Å². The largest absolute Gasteiger partial charge is 0.251 e. The lowest BCUT2D eigenvalue weighted by Crippen LogP contribution is -2.08. The summed E-state index contributed by atoms with van der Waals surface area (Å²) in [6, 6.07) is 59.1. The van der Waals surface area contributed by atoms with Crippen LogP contribution in [0.3, 0.4) is 0 Å². The number of fused-ring (bicyclic) bond motifs is 3. The number of rotatable bonds is 7. The summed E-state index contributed by atoms with van der Waals surface area (Å²) in [6.07, 6.45) is 7.53. The van der Waals surface area contributed by atoms with Crippen molar-refractivity contribution >= 4 is 27.4 Å². The van der Waals surface area contributed by atoms with Gasteiger partial charge in [-0.1, -0.05) is 176 Å². The Hall–Kier alpha value is -7.37. The van der Waals surface area contributed by atoms with E-state index in [0.29, 0.717) is 11.6 Å². The number of allylic oxidation sites excluding steroid dienone is 4. The Morgan fingerprint density at radius 2 is 1.02 bits per heavy atom. The summed E-state index contributed by atoms with van der Waals surface area (Å²) in [4.78, 5) is 25.2. The van der Waals surface area contributed by atoms with Gasteiger partial charge in [-0.15, -0.1) is 0 Å². The maximum atomic E-state index is 5.19. The summed E-state index contributed by atoms with van der Waals surface area (Å²) < 4.78 is 0. The zero-order valence-corrected chi connectivity index (χ0v) is 31.4. The number of aromatic nitrogens is 5. The molecule has 0 radical (unpaired) electrons. The lowest BCUT2D eigenvalue weighted by molar-refractivity contribution is 0.766. The first-order valence-corrected chi connectivity index (χ1v) is 19.4. The van der Waals surface area contributed by atoms with E-state index in [0.717, 1.165) is 84.4 Å². The van der Waals surface area contributed by atoms with Gasteiger partial charge in [0.1, 0.15) is 5.82 Å². The Labute approximate surface area is 331 Å². The average molecular weight is 732 g/mol. The average Bonchev–Trinajstić information content (AvgIpc) is 3.29. The molecule has 57 heavy (non-hydrogen) atoms. The van der Waals surface area contributed by atoms with Crippen molar-refractivity contribution in [3.63, 3.8) is 0 Å². The first-order chi connectivity index (χ1) is 28.1. The summed E-state index contributed by atoms with van der Waals surface area (Å²) in [5.74, 6) is 2.14. The Kier molecular flexibility index (Phi) is 8.81. The number of benzene rings is 6. The van der Waals surface area contributed by atoms with Crippen LogP contribution in [0.2, 0.25) is 0 Å². The third kappa shape index (κ3) is 6.81. The molecule has 1 unspecified atom stereocenters. The fourth-order valence-corrected chi connectivity index (χ4v) is 7.68. The number of nitrogens with zero attached hydrogens (tertiary/aromatic N) is 5. The molecule has 0 saturated carbocycles. The summed E-state index contributed by atoms with van der Waals surface area (Å²) in [6.45, 7) is 2.03. The third-order valence-electron chi connectivity index (χ3n) is 10.7. The fraction of sp³-hybridized carbons (Fsp3) is 0.0577. The minimum Gasteiger partial charge on any atom is -0.251 e. The quantitative estimate of drug-likeness (QED) is 0.153. The van der Waals surface area contributed by atoms with Gasteiger partial charge >= 0.3 is 0 Å². The molecule has 0 saturated heterocycles. The highest BCUT2D eigenvalue weighted by Crippen LogP contribution is 2.37. The number of hydrogen-bond donors (Lipinski definition) is 0. The molecular formula is C52H37N5. The van der Waals surface area contributed by atoms with Crippen molar-refractivity contribution in [2.45, 2.75) is 19.3 Å². The van der Waals surface area contributed by atoms with Crippen LogP contribution in [0.25, 0.3) is 83.7 Å². The van der Waals surface area contributed by atoms with Crippen molar-refractivity contribution in [3.05, 3.63) is 205 Å². The molecule has 0 fully saturated rings. The van der Waals surface area contributed by atoms with Gasteiger partial charge in [-0.05, 0) is 58.9 Å². The van der Waals surface area contributed by atoms with Crippen LogP contribution < -0.4 is 0 Å². The monoisotopic (exact) mass is 731 g/mol. The molecule has 1 aliphatic carbocycles. The third-order valence-corrected chi connectivity index (χ3v) is 10.7. The molecule has 10 rings (SSSR count). The zero-order chi connectivity index (χ0) is 38.1. The van der Waals surface area contributed by atoms with Crippen LogP contribution in [-0.4, -0.2) is 24.9 Å². The molecule has 0 spiro atoms. The molecule has 5 nitrogen and oxygen atoms in total. The summed E-state index contributed by atoms with van der Waals surface area (Å²) >= 11 is 0. The van der Waals surface area contributed by atoms with Gasteiger partial charge in [-0.3, -0.25) is 4.98 Å². The van der Waals surface area contributed by atoms with Crippen molar-refractivity contribution in [1.82, 2.24) is 24.9 Å². The second-order valence-electron chi connectivity index (χ2n) is 14.5. The summed E-state index contributed by atoms with van der Waals surface area (Å²) in [5, 5.41) is 2.18. The standard InChI is InChI=1S/C52H37N5/c1-34-17-18-41-31-32-45-46(33-47(40-13-7-3-8-14-40)54-49(45)48(41)53-34)39-25-19-37(20-26-39)38-23-29-44(30-24-38)52-56-50(42-15-9-4-10-16-42)55-51(57-52)43-27-21-36(22-28-43)35-11-5-2-6-12-35/h2-29,31-33,44H,30H2,1H3. The lowest BCUT2D eigenvalue weighted by atomic mass is 9.91. The Morgan fingerprint density at radius 1 is 0.456 bits per heavy atom. The molecule has 3 aromatic heterocycles. The van der Waals surface area contributed by atoms with Crippen molar-refractivity contribution in [3.8, 4) is 56.3 Å². The van der Waals surface area contributed by atoms with Crippen LogP contribution in [0.4, 0.5) is 0 Å². The normalized spacial score (nSPS) is 13.8. The van der Waals surface area contributed by atoms with Crippen LogP contribution in [0, 0.1) is 6.92 Å². The van der Waals surface area contributed by atoms with Gasteiger partial charge in [0.25, 0.3) is 0 Å². The van der Waals surface area contributed by atoms with Gasteiger partial charge in [0.05, 0.1) is 16.7 Å². The molecule has 270 valence electrons. The van der Waals surface area contributed by atoms with E-state index in [1.54, 1.807) is 0 Å². The second kappa shape index (κ2) is 14.7. The molecule has 1 atom stereocenters. The zero-order valence-electron chi connectivity index (χ0n) is 31.4. The minimum absolute atomic E-state index is 0.0208. The molecule has 3 heterocycles. The lowest BCUT2D eigenvalue weighted by Gasteiger charge is -2.17. The Bertz CT molecular complexity index is 2960. The van der Waals surface area contributed by atoms with E-state index in [4.69, 9.17) is 24.9 Å². The topological polar surface area (TPSA) is 64.5 Å². The van der Waals surface area contributed by atoms with E-state index in [1.807, 2.05) is 37.3 Å². The molecule has 5 heteroatoms. The fourth-order valence-electron chi connectivity index (χ4n) is 7.68. The highest BCUT2D eigenvalue weighted by Gasteiger charge is 2.20. The second-order valence-corrected chi connectivity index (χ2v) is 14.5. The van der Waals surface area contributed by atoms with Crippen molar-refractivity contribution in [1.29, 1.82) is 0 Å². The number of aryl methyl sites for hydroxylation is 1. The number of hydrogen-bond acceptors (Lipinski definition) is 5. The van der Waals surface area contributed by atoms with E-state index in [1.165, 1.54) is 11.1 Å². The first-order valence-electron chi connectivity index (χ1n) is 19.4. The first kappa shape index (κ1) is 34.1. The van der Waals surface area contributed by atoms with Crippen molar-refractivity contribution in [2.24, 2.45) is 0 Å². The molecule has 0 aliphatic heterocycles. The Balaban J connectivity index is 0.958. The highest BCUT2D eigenvalue weighted by molar-refractivity contribution is 6.09. The van der Waals surface area contributed by atoms with Crippen LogP contribution >= 0.6 is 0 Å². The van der Waals surface area contributed by atoms with E-state index in [2.05, 4.69) is 158 Å². The van der Waals surface area contributed by atoms with Crippen LogP contribution in [-0.2, 0) is 0 Å². The molecule has 1 aliphatic rings. The van der Waals surface area contributed by atoms with E-state index in [-0.39, 0.29) is 5.92 Å². The molecular weight excluding hydrogens is 695 g/mol. The minimum atomic E-state index is 0.0208. The maximum Gasteiger partial charge on any atom is 0.163 e. The van der Waals surface area contributed by atoms with Crippen molar-refractivity contribution in [2.75, 3.05) is 0 Å². The SMILES string of the molecule is Cc1ccc2ccc3c(-c4ccc(C5=CCC(c6nc(-c7ccccc7)nc(-c7ccc(-c8ccccc8)cc7)n6)C=C5)cc4)cc(-c4ccccc4)nc3c2n1. The number of pyridine rings is 2. The van der Waals surface area contributed by atoms with Gasteiger partial charge in [0.15, 0.2) is 11.6 Å². The molecule has 0 bridgehead atoms. The maximum absolute atomic E-state index is 5.19. The molecule has 6 aromatic carbocycles. The Morgan fingerprint density at radius 3 is 1.68 bits per heavy atom.